The molecule has 0 aliphatic heterocycles. The molecule has 2 N–H and O–H groups in total. The van der Waals surface area contributed by atoms with Gasteiger partial charge in [-0.3, -0.25) is 0 Å². The fourth-order valence-electron chi connectivity index (χ4n) is 2.87. The van der Waals surface area contributed by atoms with Gasteiger partial charge in [0, 0.05) is 16.8 Å². The van der Waals surface area contributed by atoms with E-state index in [-0.39, 0.29) is 0 Å². The Morgan fingerprint density at radius 3 is 2.69 bits per heavy atom. The molecule has 2 rings (SSSR count). The molecule has 90 valence electrons. The van der Waals surface area contributed by atoms with Gasteiger partial charge in [0.05, 0.1) is 0 Å². The molecule has 0 bridgehead atoms. The highest BCUT2D eigenvalue weighted by Gasteiger charge is 2.30. The van der Waals surface area contributed by atoms with Crippen molar-refractivity contribution in [2.24, 2.45) is 17.6 Å². The molecule has 1 heterocycles. The van der Waals surface area contributed by atoms with Crippen LogP contribution < -0.4 is 5.73 Å². The second kappa shape index (κ2) is 4.89. The van der Waals surface area contributed by atoms with Gasteiger partial charge in [0.15, 0.2) is 0 Å². The molecule has 1 saturated carbocycles. The predicted octanol–water partition coefficient (Wildman–Crippen LogP) is 3.92. The molecule has 2 heteroatoms. The second-order valence-corrected chi connectivity index (χ2v) is 6.69. The van der Waals surface area contributed by atoms with E-state index in [1.165, 1.54) is 29.7 Å². The predicted molar refractivity (Wildman–Crippen MR) is 72.0 cm³/mol. The van der Waals surface area contributed by atoms with Crippen molar-refractivity contribution in [3.63, 3.8) is 0 Å². The minimum atomic E-state index is 0.379. The van der Waals surface area contributed by atoms with Gasteiger partial charge in [-0.25, -0.2) is 0 Å². The van der Waals surface area contributed by atoms with Gasteiger partial charge in [-0.2, -0.15) is 0 Å². The van der Waals surface area contributed by atoms with E-state index in [9.17, 15) is 0 Å². The van der Waals surface area contributed by atoms with Crippen molar-refractivity contribution < 1.29 is 0 Å². The monoisotopic (exact) mass is 237 g/mol. The van der Waals surface area contributed by atoms with Crippen molar-refractivity contribution in [2.45, 2.75) is 52.0 Å². The molecule has 0 amide bonds. The Kier molecular flexibility index (Phi) is 3.70. The normalized spacial score (nSPS) is 30.9. The van der Waals surface area contributed by atoms with E-state index in [0.29, 0.717) is 12.0 Å². The number of nitrogens with two attached hydrogens (primary N) is 1. The molecular formula is C14H23NS. The van der Waals surface area contributed by atoms with Crippen LogP contribution in [0.3, 0.4) is 0 Å². The second-order valence-electron chi connectivity index (χ2n) is 5.58. The topological polar surface area (TPSA) is 26.0 Å². The summed E-state index contributed by atoms with van der Waals surface area (Å²) in [5.74, 6) is 2.27. The van der Waals surface area contributed by atoms with Crippen molar-refractivity contribution in [3.8, 4) is 0 Å². The number of thiophene rings is 1. The number of rotatable bonds is 2. The lowest BCUT2D eigenvalue weighted by atomic mass is 9.72. The zero-order valence-electron chi connectivity index (χ0n) is 10.6. The summed E-state index contributed by atoms with van der Waals surface area (Å²) in [4.78, 5) is 1.41. The summed E-state index contributed by atoms with van der Waals surface area (Å²) in [6.45, 7) is 6.87. The molecule has 1 aliphatic carbocycles. The first kappa shape index (κ1) is 12.1. The van der Waals surface area contributed by atoms with E-state index in [1.54, 1.807) is 0 Å². The molecule has 16 heavy (non-hydrogen) atoms. The Morgan fingerprint density at radius 1 is 1.38 bits per heavy atom. The van der Waals surface area contributed by atoms with Gasteiger partial charge in [0.25, 0.3) is 0 Å². The Bertz CT molecular complexity index is 342. The van der Waals surface area contributed by atoms with Gasteiger partial charge in [0.2, 0.25) is 0 Å². The van der Waals surface area contributed by atoms with Crippen LogP contribution in [0.4, 0.5) is 0 Å². The summed E-state index contributed by atoms with van der Waals surface area (Å²) < 4.78 is 0. The summed E-state index contributed by atoms with van der Waals surface area (Å²) in [6, 6.07) is 2.71. The summed E-state index contributed by atoms with van der Waals surface area (Å²) in [5, 5.41) is 2.31. The first-order valence-electron chi connectivity index (χ1n) is 6.38. The largest absolute Gasteiger partial charge is 0.327 e. The average Bonchev–Trinajstić information content (AvgIpc) is 2.65. The molecular weight excluding hydrogens is 214 g/mol. The lowest BCUT2D eigenvalue weighted by Crippen LogP contribution is -2.35. The molecule has 1 fully saturated rings. The Hall–Kier alpha value is -0.340. The van der Waals surface area contributed by atoms with E-state index in [2.05, 4.69) is 32.2 Å². The Labute approximate surface area is 103 Å². The maximum Gasteiger partial charge on any atom is 0.0108 e. The van der Waals surface area contributed by atoms with Gasteiger partial charge in [-0.05, 0) is 55.0 Å². The quantitative estimate of drug-likeness (QED) is 0.829. The molecule has 3 atom stereocenters. The lowest BCUT2D eigenvalue weighted by molar-refractivity contribution is 0.233. The van der Waals surface area contributed by atoms with Gasteiger partial charge in [-0.15, -0.1) is 11.3 Å². The lowest BCUT2D eigenvalue weighted by Gasteiger charge is -2.35. The molecule has 1 aromatic rings. The highest BCUT2D eigenvalue weighted by atomic mass is 32.1. The highest BCUT2D eigenvalue weighted by molar-refractivity contribution is 7.10. The van der Waals surface area contributed by atoms with E-state index >= 15 is 0 Å². The number of hydrogen-bond acceptors (Lipinski definition) is 2. The van der Waals surface area contributed by atoms with Crippen LogP contribution in [-0.4, -0.2) is 6.04 Å². The first-order chi connectivity index (χ1) is 7.58. The summed E-state index contributed by atoms with van der Waals surface area (Å²) in [6.07, 6.45) is 3.80. The third-order valence-electron chi connectivity index (χ3n) is 4.07. The van der Waals surface area contributed by atoms with Crippen molar-refractivity contribution in [1.29, 1.82) is 0 Å². The molecule has 1 aromatic heterocycles. The van der Waals surface area contributed by atoms with Crippen LogP contribution in [0.25, 0.3) is 0 Å². The zero-order valence-corrected chi connectivity index (χ0v) is 11.4. The molecule has 0 aromatic carbocycles. The Balaban J connectivity index is 2.12. The maximum atomic E-state index is 6.29. The first-order valence-corrected chi connectivity index (χ1v) is 7.26. The van der Waals surface area contributed by atoms with E-state index in [4.69, 9.17) is 5.73 Å². The summed E-state index contributed by atoms with van der Waals surface area (Å²) in [5.41, 5.74) is 7.77. The molecule has 3 unspecified atom stereocenters. The highest BCUT2D eigenvalue weighted by Crippen LogP contribution is 2.39. The SMILES string of the molecule is Cc1cc(C2CC(C(C)C)CCC2N)cs1. The number of hydrogen-bond donors (Lipinski definition) is 1. The van der Waals surface area contributed by atoms with Gasteiger partial charge in [-0.1, -0.05) is 13.8 Å². The summed E-state index contributed by atoms with van der Waals surface area (Å²) in [7, 11) is 0. The third kappa shape index (κ3) is 2.49. The average molecular weight is 237 g/mol. The third-order valence-corrected chi connectivity index (χ3v) is 4.95. The van der Waals surface area contributed by atoms with E-state index in [0.717, 1.165) is 11.8 Å². The van der Waals surface area contributed by atoms with Crippen LogP contribution in [0, 0.1) is 18.8 Å². The molecule has 0 radical (unpaired) electrons. The maximum absolute atomic E-state index is 6.29. The fourth-order valence-corrected chi connectivity index (χ4v) is 3.64. The van der Waals surface area contributed by atoms with Gasteiger partial charge >= 0.3 is 0 Å². The fraction of sp³-hybridized carbons (Fsp3) is 0.714. The minimum absolute atomic E-state index is 0.379. The van der Waals surface area contributed by atoms with Crippen molar-refractivity contribution in [2.75, 3.05) is 0 Å². The van der Waals surface area contributed by atoms with Crippen LogP contribution in [0.2, 0.25) is 0 Å². The standard InChI is InChI=1S/C14H23NS/c1-9(2)11-4-5-14(15)13(7-11)12-6-10(3)16-8-12/h6,8-9,11,13-14H,4-5,7,15H2,1-3H3. The van der Waals surface area contributed by atoms with E-state index < -0.39 is 0 Å². The van der Waals surface area contributed by atoms with Gasteiger partial charge in [0.1, 0.15) is 0 Å². The van der Waals surface area contributed by atoms with Crippen LogP contribution in [-0.2, 0) is 0 Å². The molecule has 1 aliphatic rings. The van der Waals surface area contributed by atoms with E-state index in [1.807, 2.05) is 11.3 Å². The molecule has 0 saturated heterocycles. The molecule has 0 spiro atoms. The smallest absolute Gasteiger partial charge is 0.0108 e. The van der Waals surface area contributed by atoms with Crippen LogP contribution in [0.1, 0.15) is 49.5 Å². The zero-order chi connectivity index (χ0) is 11.7. The molecule has 1 nitrogen and oxygen atoms in total. The minimum Gasteiger partial charge on any atom is -0.327 e. The van der Waals surface area contributed by atoms with Crippen LogP contribution >= 0.6 is 11.3 Å². The van der Waals surface area contributed by atoms with Crippen molar-refractivity contribution in [3.05, 3.63) is 21.9 Å². The van der Waals surface area contributed by atoms with Gasteiger partial charge < -0.3 is 5.73 Å². The van der Waals surface area contributed by atoms with Crippen molar-refractivity contribution >= 4 is 11.3 Å². The summed E-state index contributed by atoms with van der Waals surface area (Å²) >= 11 is 1.85. The number of aryl methyl sites for hydroxylation is 1. The van der Waals surface area contributed by atoms with Crippen molar-refractivity contribution in [1.82, 2.24) is 0 Å². The van der Waals surface area contributed by atoms with Crippen LogP contribution in [0.15, 0.2) is 11.4 Å². The Morgan fingerprint density at radius 2 is 2.12 bits per heavy atom. The van der Waals surface area contributed by atoms with Crippen LogP contribution in [0.5, 0.6) is 0 Å².